The highest BCUT2D eigenvalue weighted by Crippen LogP contribution is 2.12. The number of nitrogens with one attached hydrogen (secondary N) is 1. The summed E-state index contributed by atoms with van der Waals surface area (Å²) in [6, 6.07) is 9.13. The number of rotatable bonds is 7. The molecule has 0 aliphatic heterocycles. The molecule has 0 aliphatic rings. The number of methoxy groups -OCH3 is 1. The van der Waals surface area contributed by atoms with E-state index < -0.39 is 11.9 Å². The number of nitrogens with zero attached hydrogens (tertiary/aromatic N) is 2. The summed E-state index contributed by atoms with van der Waals surface area (Å²) < 4.78 is 6.05. The van der Waals surface area contributed by atoms with Crippen LogP contribution in [0.2, 0.25) is 0 Å². The molecule has 0 radical (unpaired) electrons. The molecule has 0 saturated heterocycles. The van der Waals surface area contributed by atoms with E-state index in [2.05, 4.69) is 10.4 Å². The Balaban J connectivity index is 2.15. The molecule has 2 aromatic rings. The van der Waals surface area contributed by atoms with Gasteiger partial charge in [0.25, 0.3) is 11.5 Å². The lowest BCUT2D eigenvalue weighted by molar-refractivity contribution is -0.136. The number of carboxylic acid groups (broad SMARTS) is 1. The first-order chi connectivity index (χ1) is 11.5. The minimum Gasteiger partial charge on any atom is -0.481 e. The Kier molecular flexibility index (Phi) is 5.80. The average molecular weight is 331 g/mol. The van der Waals surface area contributed by atoms with Gasteiger partial charge in [-0.3, -0.25) is 14.4 Å². The molecule has 0 aliphatic carbocycles. The Morgan fingerprint density at radius 2 is 2.08 bits per heavy atom. The molecule has 0 spiro atoms. The summed E-state index contributed by atoms with van der Waals surface area (Å²) in [4.78, 5) is 34.7. The van der Waals surface area contributed by atoms with Crippen LogP contribution in [0.15, 0.2) is 41.2 Å². The van der Waals surface area contributed by atoms with Crippen molar-refractivity contribution in [2.45, 2.75) is 13.0 Å². The highest BCUT2D eigenvalue weighted by molar-refractivity contribution is 6.02. The lowest BCUT2D eigenvalue weighted by atomic mass is 10.1. The van der Waals surface area contributed by atoms with E-state index in [4.69, 9.17) is 9.84 Å². The number of carbonyl (C=O) groups is 2. The second-order valence-electron chi connectivity index (χ2n) is 5.00. The topological polar surface area (TPSA) is 111 Å². The molecule has 0 bridgehead atoms. The Hall–Kier alpha value is -3.00. The Labute approximate surface area is 137 Å². The van der Waals surface area contributed by atoms with Crippen molar-refractivity contribution in [1.82, 2.24) is 9.78 Å². The predicted octanol–water partition coefficient (Wildman–Crippen LogP) is 0.769. The average Bonchev–Trinajstić information content (AvgIpc) is 2.53. The first-order valence-electron chi connectivity index (χ1n) is 7.19. The zero-order valence-electron chi connectivity index (χ0n) is 13.1. The van der Waals surface area contributed by atoms with E-state index in [1.807, 2.05) is 0 Å². The van der Waals surface area contributed by atoms with Crippen molar-refractivity contribution in [2.24, 2.45) is 0 Å². The molecule has 0 atom stereocenters. The van der Waals surface area contributed by atoms with Gasteiger partial charge in [-0.1, -0.05) is 12.1 Å². The Bertz CT molecular complexity index is 800. The molecular formula is C16H17N3O5. The molecule has 1 aromatic heterocycles. The smallest absolute Gasteiger partial charge is 0.307 e. The largest absolute Gasteiger partial charge is 0.481 e. The summed E-state index contributed by atoms with van der Waals surface area (Å²) in [5, 5.41) is 15.4. The molecule has 0 saturated carbocycles. The SMILES string of the molecule is COCCn1nc(C(=O)Nc2cccc(CC(=O)O)c2)ccc1=O. The zero-order chi connectivity index (χ0) is 17.5. The van der Waals surface area contributed by atoms with Gasteiger partial charge in [0.15, 0.2) is 0 Å². The van der Waals surface area contributed by atoms with E-state index in [1.54, 1.807) is 24.3 Å². The van der Waals surface area contributed by atoms with E-state index in [-0.39, 0.29) is 24.2 Å². The summed E-state index contributed by atoms with van der Waals surface area (Å²) in [6.07, 6.45) is -0.135. The van der Waals surface area contributed by atoms with Crippen molar-refractivity contribution in [2.75, 3.05) is 19.0 Å². The van der Waals surface area contributed by atoms with Gasteiger partial charge in [0.05, 0.1) is 19.6 Å². The number of carbonyl (C=O) groups excluding carboxylic acids is 1. The Morgan fingerprint density at radius 3 is 2.79 bits per heavy atom. The van der Waals surface area contributed by atoms with Crippen LogP contribution in [0.5, 0.6) is 0 Å². The van der Waals surface area contributed by atoms with Gasteiger partial charge in [0, 0.05) is 18.9 Å². The van der Waals surface area contributed by atoms with Gasteiger partial charge in [-0.15, -0.1) is 0 Å². The summed E-state index contributed by atoms with van der Waals surface area (Å²) in [5.41, 5.74) is 0.773. The number of aliphatic carboxylic acids is 1. The third kappa shape index (κ3) is 4.75. The third-order valence-electron chi connectivity index (χ3n) is 3.15. The number of hydrogen-bond acceptors (Lipinski definition) is 5. The fourth-order valence-electron chi connectivity index (χ4n) is 2.04. The molecule has 8 nitrogen and oxygen atoms in total. The summed E-state index contributed by atoms with van der Waals surface area (Å²) in [6.45, 7) is 0.541. The van der Waals surface area contributed by atoms with E-state index in [0.29, 0.717) is 17.9 Å². The predicted molar refractivity (Wildman–Crippen MR) is 86.1 cm³/mol. The van der Waals surface area contributed by atoms with E-state index in [1.165, 1.54) is 19.2 Å². The highest BCUT2D eigenvalue weighted by Gasteiger charge is 2.11. The van der Waals surface area contributed by atoms with Gasteiger partial charge in [0.2, 0.25) is 0 Å². The van der Waals surface area contributed by atoms with Gasteiger partial charge in [-0.25, -0.2) is 4.68 Å². The van der Waals surface area contributed by atoms with Crippen LogP contribution in [-0.4, -0.2) is 40.5 Å². The molecule has 0 unspecified atom stereocenters. The number of hydrogen-bond donors (Lipinski definition) is 2. The van der Waals surface area contributed by atoms with Gasteiger partial charge < -0.3 is 15.2 Å². The number of ether oxygens (including phenoxy) is 1. The third-order valence-corrected chi connectivity index (χ3v) is 3.15. The fourth-order valence-corrected chi connectivity index (χ4v) is 2.04. The number of aromatic nitrogens is 2. The van der Waals surface area contributed by atoms with Gasteiger partial charge >= 0.3 is 5.97 Å². The van der Waals surface area contributed by atoms with Crippen LogP contribution in [0.3, 0.4) is 0 Å². The molecule has 0 fully saturated rings. The van der Waals surface area contributed by atoms with E-state index in [9.17, 15) is 14.4 Å². The number of anilines is 1. The van der Waals surface area contributed by atoms with Crippen LogP contribution in [0, 0.1) is 0 Å². The van der Waals surface area contributed by atoms with Crippen molar-refractivity contribution in [3.63, 3.8) is 0 Å². The van der Waals surface area contributed by atoms with E-state index >= 15 is 0 Å². The van der Waals surface area contributed by atoms with Crippen LogP contribution < -0.4 is 10.9 Å². The lowest BCUT2D eigenvalue weighted by Gasteiger charge is -2.08. The van der Waals surface area contributed by atoms with Crippen LogP contribution in [0.4, 0.5) is 5.69 Å². The maximum Gasteiger partial charge on any atom is 0.307 e. The molecule has 24 heavy (non-hydrogen) atoms. The van der Waals surface area contributed by atoms with Crippen LogP contribution in [0.1, 0.15) is 16.1 Å². The number of benzene rings is 1. The monoisotopic (exact) mass is 331 g/mol. The molecule has 2 rings (SSSR count). The summed E-state index contributed by atoms with van der Waals surface area (Å²) >= 11 is 0. The minimum absolute atomic E-state index is 0.0781. The summed E-state index contributed by atoms with van der Waals surface area (Å²) in [5.74, 6) is -1.45. The molecule has 1 aromatic carbocycles. The highest BCUT2D eigenvalue weighted by atomic mass is 16.5. The van der Waals surface area contributed by atoms with E-state index in [0.717, 1.165) is 4.68 Å². The quantitative estimate of drug-likeness (QED) is 0.775. The molecule has 8 heteroatoms. The molecule has 126 valence electrons. The second kappa shape index (κ2) is 8.02. The Morgan fingerprint density at radius 1 is 1.29 bits per heavy atom. The van der Waals surface area contributed by atoms with Gasteiger partial charge in [0.1, 0.15) is 5.69 Å². The van der Waals surface area contributed by atoms with Gasteiger partial charge in [-0.2, -0.15) is 5.10 Å². The van der Waals surface area contributed by atoms with Crippen molar-refractivity contribution in [3.05, 3.63) is 58.0 Å². The molecule has 1 heterocycles. The lowest BCUT2D eigenvalue weighted by Crippen LogP contribution is -2.27. The maximum atomic E-state index is 12.2. The van der Waals surface area contributed by atoms with Crippen LogP contribution >= 0.6 is 0 Å². The molecule has 1 amide bonds. The standard InChI is InChI=1S/C16H17N3O5/c1-24-8-7-19-14(20)6-5-13(18-19)16(23)17-12-4-2-3-11(9-12)10-15(21)22/h2-6,9H,7-8,10H2,1H3,(H,17,23)(H,21,22). The van der Waals surface area contributed by atoms with Crippen LogP contribution in [-0.2, 0) is 22.5 Å². The number of amides is 1. The van der Waals surface area contributed by atoms with Crippen molar-refractivity contribution in [1.29, 1.82) is 0 Å². The normalized spacial score (nSPS) is 10.4. The van der Waals surface area contributed by atoms with Crippen LogP contribution in [0.25, 0.3) is 0 Å². The van der Waals surface area contributed by atoms with Crippen molar-refractivity contribution < 1.29 is 19.4 Å². The molecular weight excluding hydrogens is 314 g/mol. The van der Waals surface area contributed by atoms with Crippen molar-refractivity contribution in [3.8, 4) is 0 Å². The first kappa shape index (κ1) is 17.4. The van der Waals surface area contributed by atoms with Gasteiger partial charge in [-0.05, 0) is 23.8 Å². The summed E-state index contributed by atoms with van der Waals surface area (Å²) in [7, 11) is 1.51. The number of carboxylic acids is 1. The zero-order valence-corrected chi connectivity index (χ0v) is 13.1. The first-order valence-corrected chi connectivity index (χ1v) is 7.19. The maximum absolute atomic E-state index is 12.2. The molecule has 2 N–H and O–H groups in total. The fraction of sp³-hybridized carbons (Fsp3) is 0.250. The van der Waals surface area contributed by atoms with Crippen molar-refractivity contribution >= 4 is 17.6 Å². The minimum atomic E-state index is -0.953. The second-order valence-corrected chi connectivity index (χ2v) is 5.00.